The average Bonchev–Trinajstić information content (AvgIpc) is 3.46. The van der Waals surface area contributed by atoms with Gasteiger partial charge in [0.05, 0.1) is 23.6 Å². The maximum Gasteiger partial charge on any atom is 0.181 e. The van der Waals surface area contributed by atoms with Gasteiger partial charge in [0, 0.05) is 24.4 Å². The molecule has 1 saturated carbocycles. The summed E-state index contributed by atoms with van der Waals surface area (Å²) in [5.74, 6) is 0.796. The molecule has 2 heterocycles. The minimum atomic E-state index is 0.301. The maximum atomic E-state index is 5.60. The summed E-state index contributed by atoms with van der Waals surface area (Å²) >= 11 is 0. The Labute approximate surface area is 172 Å². The van der Waals surface area contributed by atoms with Gasteiger partial charge in [-0.15, -0.1) is 0 Å². The van der Waals surface area contributed by atoms with Gasteiger partial charge in [-0.1, -0.05) is 49.8 Å². The number of hydrogen-bond donors (Lipinski definition) is 0. The second kappa shape index (κ2) is 7.11. The molecule has 5 rings (SSSR count). The van der Waals surface area contributed by atoms with E-state index in [1.54, 1.807) is 6.20 Å². The van der Waals surface area contributed by atoms with E-state index in [0.29, 0.717) is 12.1 Å². The first kappa shape index (κ1) is 18.0. The minimum absolute atomic E-state index is 0.301. The van der Waals surface area contributed by atoms with Gasteiger partial charge in [-0.25, -0.2) is 4.98 Å². The quantitative estimate of drug-likeness (QED) is 0.544. The SMILES string of the molecule is C=C1[C@@H](C)N(C2CCCC2)c2cc(-c3ccccc3-c3cnco3)ccc2N1C. The Balaban J connectivity index is 1.65. The Morgan fingerprint density at radius 3 is 2.52 bits per heavy atom. The summed E-state index contributed by atoms with van der Waals surface area (Å²) < 4.78 is 5.60. The molecule has 1 aliphatic heterocycles. The average molecular weight is 386 g/mol. The fraction of sp³-hybridized carbons (Fsp3) is 0.320. The zero-order chi connectivity index (χ0) is 20.0. The lowest BCUT2D eigenvalue weighted by Crippen LogP contribution is -2.48. The van der Waals surface area contributed by atoms with Gasteiger partial charge in [-0.05, 0) is 43.0 Å². The fourth-order valence-electron chi connectivity index (χ4n) is 4.98. The van der Waals surface area contributed by atoms with Crippen molar-refractivity contribution >= 4 is 11.4 Å². The number of nitrogens with zero attached hydrogens (tertiary/aromatic N) is 3. The van der Waals surface area contributed by atoms with E-state index in [4.69, 9.17) is 4.42 Å². The molecule has 0 unspecified atom stereocenters. The van der Waals surface area contributed by atoms with Crippen LogP contribution in [0.15, 0.2) is 71.7 Å². The number of likely N-dealkylation sites (N-methyl/N-ethyl adjacent to an activating group) is 1. The molecule has 1 atom stereocenters. The first-order valence-electron chi connectivity index (χ1n) is 10.5. The Morgan fingerprint density at radius 1 is 1.03 bits per heavy atom. The normalized spacial score (nSPS) is 19.7. The first-order chi connectivity index (χ1) is 14.1. The van der Waals surface area contributed by atoms with E-state index < -0.39 is 0 Å². The van der Waals surface area contributed by atoms with Gasteiger partial charge < -0.3 is 14.2 Å². The highest BCUT2D eigenvalue weighted by atomic mass is 16.3. The summed E-state index contributed by atoms with van der Waals surface area (Å²) in [7, 11) is 2.13. The van der Waals surface area contributed by atoms with Crippen LogP contribution >= 0.6 is 0 Å². The van der Waals surface area contributed by atoms with Crippen LogP contribution in [0.4, 0.5) is 11.4 Å². The number of fused-ring (bicyclic) bond motifs is 1. The lowest BCUT2D eigenvalue weighted by molar-refractivity contribution is 0.550. The Bertz CT molecular complexity index is 1030. The molecule has 0 N–H and O–H groups in total. The van der Waals surface area contributed by atoms with Crippen molar-refractivity contribution in [3.05, 3.63) is 67.3 Å². The molecule has 0 radical (unpaired) electrons. The van der Waals surface area contributed by atoms with Gasteiger partial charge in [-0.2, -0.15) is 0 Å². The number of aromatic nitrogens is 1. The van der Waals surface area contributed by atoms with E-state index in [2.05, 4.69) is 71.7 Å². The molecule has 2 aliphatic rings. The van der Waals surface area contributed by atoms with E-state index in [1.165, 1.54) is 54.7 Å². The summed E-state index contributed by atoms with van der Waals surface area (Å²) in [5.41, 5.74) is 7.15. The molecule has 29 heavy (non-hydrogen) atoms. The van der Waals surface area contributed by atoms with Crippen molar-refractivity contribution in [1.29, 1.82) is 0 Å². The zero-order valence-corrected chi connectivity index (χ0v) is 17.1. The van der Waals surface area contributed by atoms with Crippen molar-refractivity contribution in [2.45, 2.75) is 44.7 Å². The molecular formula is C25H27N3O. The van der Waals surface area contributed by atoms with Gasteiger partial charge in [0.2, 0.25) is 0 Å². The zero-order valence-electron chi connectivity index (χ0n) is 17.1. The van der Waals surface area contributed by atoms with Crippen molar-refractivity contribution < 1.29 is 4.42 Å². The van der Waals surface area contributed by atoms with Crippen LogP contribution in [-0.2, 0) is 0 Å². The maximum absolute atomic E-state index is 5.60. The van der Waals surface area contributed by atoms with Crippen LogP contribution in [-0.4, -0.2) is 24.1 Å². The Kier molecular flexibility index (Phi) is 4.42. The molecule has 0 spiro atoms. The summed E-state index contributed by atoms with van der Waals surface area (Å²) in [4.78, 5) is 8.97. The fourth-order valence-corrected chi connectivity index (χ4v) is 4.98. The van der Waals surface area contributed by atoms with Crippen LogP contribution in [0.25, 0.3) is 22.5 Å². The van der Waals surface area contributed by atoms with Gasteiger partial charge in [-0.3, -0.25) is 0 Å². The van der Waals surface area contributed by atoms with Crippen molar-refractivity contribution in [2.24, 2.45) is 0 Å². The van der Waals surface area contributed by atoms with Crippen LogP contribution in [0, 0.1) is 0 Å². The molecular weight excluding hydrogens is 358 g/mol. The predicted molar refractivity (Wildman–Crippen MR) is 119 cm³/mol. The Hall–Kier alpha value is -3.01. The molecule has 4 heteroatoms. The summed E-state index contributed by atoms with van der Waals surface area (Å²) in [6.45, 7) is 6.68. The van der Waals surface area contributed by atoms with E-state index >= 15 is 0 Å². The summed E-state index contributed by atoms with van der Waals surface area (Å²) in [6.07, 6.45) is 8.43. The highest BCUT2D eigenvalue weighted by Gasteiger charge is 2.35. The molecule has 0 saturated heterocycles. The third-order valence-corrected chi connectivity index (χ3v) is 6.60. The van der Waals surface area contributed by atoms with Crippen molar-refractivity contribution in [3.8, 4) is 22.5 Å². The van der Waals surface area contributed by atoms with Gasteiger partial charge in [0.15, 0.2) is 12.2 Å². The van der Waals surface area contributed by atoms with Crippen molar-refractivity contribution in [1.82, 2.24) is 4.98 Å². The number of anilines is 2. The number of rotatable bonds is 3. The monoisotopic (exact) mass is 385 g/mol. The summed E-state index contributed by atoms with van der Waals surface area (Å²) in [6, 6.07) is 16.1. The van der Waals surface area contributed by atoms with Gasteiger partial charge >= 0.3 is 0 Å². The second-order valence-corrected chi connectivity index (χ2v) is 8.19. The number of oxazole rings is 1. The first-order valence-corrected chi connectivity index (χ1v) is 10.5. The molecule has 0 bridgehead atoms. The highest BCUT2D eigenvalue weighted by Crippen LogP contribution is 2.45. The molecule has 1 fully saturated rings. The second-order valence-electron chi connectivity index (χ2n) is 8.19. The molecule has 4 nitrogen and oxygen atoms in total. The van der Waals surface area contributed by atoms with Crippen molar-refractivity contribution in [2.75, 3.05) is 16.8 Å². The van der Waals surface area contributed by atoms with E-state index in [9.17, 15) is 0 Å². The molecule has 148 valence electrons. The standard InChI is InChI=1S/C25H27N3O/c1-17-18(2)28(20-8-4-5-9-20)24-14-19(12-13-23(24)27(17)3)21-10-6-7-11-22(21)25-15-26-16-29-25/h6-7,10-16,18,20H,1,4-5,8-9H2,2-3H3/t18-/m1/s1. The topological polar surface area (TPSA) is 32.5 Å². The predicted octanol–water partition coefficient (Wildman–Crippen LogP) is 6.11. The highest BCUT2D eigenvalue weighted by molar-refractivity contribution is 5.87. The van der Waals surface area contributed by atoms with Crippen LogP contribution in [0.2, 0.25) is 0 Å². The smallest absolute Gasteiger partial charge is 0.181 e. The van der Waals surface area contributed by atoms with Crippen LogP contribution < -0.4 is 9.80 Å². The van der Waals surface area contributed by atoms with Gasteiger partial charge in [0.1, 0.15) is 0 Å². The number of hydrogen-bond acceptors (Lipinski definition) is 4. The van der Waals surface area contributed by atoms with E-state index in [1.807, 2.05) is 6.07 Å². The lowest BCUT2D eigenvalue weighted by Gasteiger charge is -2.46. The third kappa shape index (κ3) is 2.94. The van der Waals surface area contributed by atoms with Gasteiger partial charge in [0.25, 0.3) is 0 Å². The Morgan fingerprint density at radius 2 is 1.79 bits per heavy atom. The molecule has 1 aromatic heterocycles. The lowest BCUT2D eigenvalue weighted by atomic mass is 9.94. The minimum Gasteiger partial charge on any atom is -0.443 e. The van der Waals surface area contributed by atoms with E-state index in [0.717, 1.165) is 16.9 Å². The van der Waals surface area contributed by atoms with Crippen LogP contribution in [0.3, 0.4) is 0 Å². The molecule has 0 amide bonds. The molecule has 2 aromatic carbocycles. The molecule has 3 aromatic rings. The largest absolute Gasteiger partial charge is 0.443 e. The summed E-state index contributed by atoms with van der Waals surface area (Å²) in [5, 5.41) is 0. The van der Waals surface area contributed by atoms with Crippen molar-refractivity contribution in [3.63, 3.8) is 0 Å². The number of benzene rings is 2. The van der Waals surface area contributed by atoms with Crippen LogP contribution in [0.5, 0.6) is 0 Å². The molecule has 1 aliphatic carbocycles. The van der Waals surface area contributed by atoms with Crippen LogP contribution in [0.1, 0.15) is 32.6 Å². The van der Waals surface area contributed by atoms with E-state index in [-0.39, 0.29) is 0 Å². The third-order valence-electron chi connectivity index (χ3n) is 6.60.